The number of rotatable bonds is 0. The van der Waals surface area contributed by atoms with Crippen molar-refractivity contribution in [2.45, 2.75) is 32.2 Å². The van der Waals surface area contributed by atoms with Crippen LogP contribution in [-0.4, -0.2) is 9.55 Å². The quantitative estimate of drug-likeness (QED) is 0.696. The van der Waals surface area contributed by atoms with Crippen molar-refractivity contribution in [3.8, 4) is 22.4 Å². The zero-order chi connectivity index (χ0) is 13.5. The maximum atomic E-state index is 11.8. The molecule has 0 amide bonds. The van der Waals surface area contributed by atoms with Crippen molar-refractivity contribution in [2.75, 3.05) is 0 Å². The minimum absolute atomic E-state index is 0.149. The van der Waals surface area contributed by atoms with E-state index >= 15 is 0 Å². The zero-order valence-corrected chi connectivity index (χ0v) is 11.9. The molecule has 2 aromatic heterocycles. The number of aryl methyl sites for hydroxylation is 1. The van der Waals surface area contributed by atoms with Crippen LogP contribution < -0.4 is 5.69 Å². The Hall–Kier alpha value is -1.86. The van der Waals surface area contributed by atoms with Gasteiger partial charge in [0.1, 0.15) is 0 Å². The van der Waals surface area contributed by atoms with Crippen LogP contribution in [0.2, 0.25) is 0 Å². The van der Waals surface area contributed by atoms with Gasteiger partial charge in [-0.1, -0.05) is 18.3 Å². The molecule has 1 aliphatic carbocycles. The number of nitrogens with zero attached hydrogens (tertiary/aromatic N) is 2. The van der Waals surface area contributed by atoms with Crippen LogP contribution in [0.25, 0.3) is 10.6 Å². The molecular weight excluding hydrogens is 268 g/mol. The lowest BCUT2D eigenvalue weighted by Crippen LogP contribution is -2.26. The van der Waals surface area contributed by atoms with Crippen LogP contribution in [0.1, 0.15) is 29.7 Å². The van der Waals surface area contributed by atoms with Crippen molar-refractivity contribution in [1.29, 1.82) is 0 Å². The lowest BCUT2D eigenvalue weighted by Gasteiger charge is -2.18. The molecule has 3 heterocycles. The van der Waals surface area contributed by atoms with Crippen molar-refractivity contribution < 1.29 is 0 Å². The van der Waals surface area contributed by atoms with E-state index in [-0.39, 0.29) is 5.69 Å². The maximum absolute atomic E-state index is 11.8. The Balaban J connectivity index is 1.75. The van der Waals surface area contributed by atoms with Crippen molar-refractivity contribution in [2.24, 2.45) is 5.92 Å². The van der Waals surface area contributed by atoms with E-state index in [1.165, 1.54) is 29.7 Å². The van der Waals surface area contributed by atoms with Gasteiger partial charge >= 0.3 is 5.69 Å². The highest BCUT2D eigenvalue weighted by Gasteiger charge is 2.20. The molecule has 0 atom stereocenters. The summed E-state index contributed by atoms with van der Waals surface area (Å²) in [7, 11) is 0. The Morgan fingerprint density at radius 2 is 2.30 bits per heavy atom. The second-order valence-electron chi connectivity index (χ2n) is 5.38. The van der Waals surface area contributed by atoms with Gasteiger partial charge < -0.3 is 0 Å². The lowest BCUT2D eigenvalue weighted by molar-refractivity contribution is 0.401. The molecule has 2 aliphatic rings. The molecule has 2 aromatic rings. The van der Waals surface area contributed by atoms with E-state index in [4.69, 9.17) is 0 Å². The first-order valence-corrected chi connectivity index (χ1v) is 7.83. The Labute approximate surface area is 121 Å². The first-order valence-electron chi connectivity index (χ1n) is 7.02. The molecule has 100 valence electrons. The van der Waals surface area contributed by atoms with Crippen molar-refractivity contribution >= 4 is 11.3 Å². The Bertz CT molecular complexity index is 787. The summed E-state index contributed by atoms with van der Waals surface area (Å²) in [6.07, 6.45) is 6.33. The zero-order valence-electron chi connectivity index (χ0n) is 11.1. The second-order valence-corrected chi connectivity index (χ2v) is 6.43. The summed E-state index contributed by atoms with van der Waals surface area (Å²) < 4.78 is 1.77. The fourth-order valence-corrected chi connectivity index (χ4v) is 3.81. The highest BCUT2D eigenvalue weighted by Crippen LogP contribution is 2.35. The normalized spacial score (nSPS) is 16.6. The summed E-state index contributed by atoms with van der Waals surface area (Å²) in [5.41, 5.74) is 2.16. The fraction of sp³-hybridized carbons (Fsp3) is 0.375. The Kier molecular flexibility index (Phi) is 2.75. The molecule has 0 N–H and O–H groups in total. The highest BCUT2D eigenvalue weighted by molar-refractivity contribution is 7.16. The Morgan fingerprint density at radius 1 is 1.40 bits per heavy atom. The molecule has 0 radical (unpaired) electrons. The van der Waals surface area contributed by atoms with Crippen LogP contribution in [-0.2, 0) is 13.0 Å². The second kappa shape index (κ2) is 4.60. The molecule has 1 fully saturated rings. The largest absolute Gasteiger partial charge is 0.348 e. The van der Waals surface area contributed by atoms with Crippen molar-refractivity contribution in [3.63, 3.8) is 0 Å². The minimum Gasteiger partial charge on any atom is -0.291 e. The van der Waals surface area contributed by atoms with E-state index < -0.39 is 0 Å². The Morgan fingerprint density at radius 3 is 3.10 bits per heavy atom. The van der Waals surface area contributed by atoms with Gasteiger partial charge in [-0.05, 0) is 37.0 Å². The minimum atomic E-state index is -0.149. The topological polar surface area (TPSA) is 34.9 Å². The molecule has 0 bridgehead atoms. The van der Waals surface area contributed by atoms with E-state index in [9.17, 15) is 4.79 Å². The molecule has 0 unspecified atom stereocenters. The predicted molar refractivity (Wildman–Crippen MR) is 79.7 cm³/mol. The van der Waals surface area contributed by atoms with Crippen molar-refractivity contribution in [3.05, 3.63) is 39.3 Å². The third-order valence-corrected chi connectivity index (χ3v) is 5.21. The summed E-state index contributed by atoms with van der Waals surface area (Å²) in [6.45, 7) is 0.723. The van der Waals surface area contributed by atoms with Gasteiger partial charge in [-0.2, -0.15) is 0 Å². The molecule has 0 spiro atoms. The molecular formula is C16H14N2OS. The van der Waals surface area contributed by atoms with Gasteiger partial charge in [-0.25, -0.2) is 9.78 Å². The molecule has 1 saturated carbocycles. The molecule has 4 heteroatoms. The average molecular weight is 282 g/mol. The molecule has 0 aromatic carbocycles. The number of thiophene rings is 1. The number of aromatic nitrogens is 2. The first-order chi connectivity index (χ1) is 9.81. The molecule has 4 rings (SSSR count). The summed E-state index contributed by atoms with van der Waals surface area (Å²) in [5, 5.41) is 0. The smallest absolute Gasteiger partial charge is 0.291 e. The van der Waals surface area contributed by atoms with Gasteiger partial charge in [0.25, 0.3) is 0 Å². The predicted octanol–water partition coefficient (Wildman–Crippen LogP) is 2.68. The van der Waals surface area contributed by atoms with E-state index in [0.717, 1.165) is 23.5 Å². The third-order valence-electron chi connectivity index (χ3n) is 4.09. The molecule has 3 nitrogen and oxygen atoms in total. The van der Waals surface area contributed by atoms with Gasteiger partial charge in [-0.3, -0.25) is 4.57 Å². The van der Waals surface area contributed by atoms with Gasteiger partial charge in [-0.15, -0.1) is 11.3 Å². The van der Waals surface area contributed by atoms with E-state index in [1.54, 1.807) is 22.1 Å². The summed E-state index contributed by atoms with van der Waals surface area (Å²) in [6, 6.07) is 4.12. The summed E-state index contributed by atoms with van der Waals surface area (Å²) in [5.74, 6) is 7.28. The van der Waals surface area contributed by atoms with Crippen LogP contribution in [0.4, 0.5) is 0 Å². The number of hydrogen-bond acceptors (Lipinski definition) is 3. The van der Waals surface area contributed by atoms with Gasteiger partial charge in [0.15, 0.2) is 0 Å². The SMILES string of the molecule is O=c1nccc2n1CCc1cc(C#CC3CCC3)sc1-2. The van der Waals surface area contributed by atoms with E-state index in [0.29, 0.717) is 5.92 Å². The highest BCUT2D eigenvalue weighted by atomic mass is 32.1. The van der Waals surface area contributed by atoms with Crippen LogP contribution in [0.5, 0.6) is 0 Å². The van der Waals surface area contributed by atoms with Gasteiger partial charge in [0, 0.05) is 18.7 Å². The fourth-order valence-electron chi connectivity index (χ4n) is 2.70. The molecule has 1 aliphatic heterocycles. The van der Waals surface area contributed by atoms with Crippen LogP contribution >= 0.6 is 11.3 Å². The van der Waals surface area contributed by atoms with Gasteiger partial charge in [0.05, 0.1) is 15.4 Å². The number of hydrogen-bond donors (Lipinski definition) is 0. The average Bonchev–Trinajstić information content (AvgIpc) is 2.80. The van der Waals surface area contributed by atoms with E-state index in [2.05, 4.69) is 22.9 Å². The monoisotopic (exact) mass is 282 g/mol. The maximum Gasteiger partial charge on any atom is 0.348 e. The number of fused-ring (bicyclic) bond motifs is 3. The van der Waals surface area contributed by atoms with Crippen LogP contribution in [0, 0.1) is 17.8 Å². The summed E-state index contributed by atoms with van der Waals surface area (Å²) in [4.78, 5) is 17.9. The van der Waals surface area contributed by atoms with Crippen LogP contribution in [0.3, 0.4) is 0 Å². The third kappa shape index (κ3) is 1.90. The van der Waals surface area contributed by atoms with E-state index in [1.807, 2.05) is 6.07 Å². The molecule has 0 saturated heterocycles. The lowest BCUT2D eigenvalue weighted by atomic mass is 9.86. The first kappa shape index (κ1) is 11.9. The standard InChI is InChI=1S/C16H14N2OS/c19-16-17-8-6-14-15-12(7-9-18(14)16)10-13(20-15)5-4-11-2-1-3-11/h6,8,10-11H,1-3,7,9H2. The van der Waals surface area contributed by atoms with Crippen LogP contribution in [0.15, 0.2) is 23.1 Å². The summed E-state index contributed by atoms with van der Waals surface area (Å²) >= 11 is 1.70. The van der Waals surface area contributed by atoms with Crippen molar-refractivity contribution in [1.82, 2.24) is 9.55 Å². The molecule has 20 heavy (non-hydrogen) atoms. The van der Waals surface area contributed by atoms with Gasteiger partial charge in [0.2, 0.25) is 0 Å².